The molecular formula is C37H62N2O5. The van der Waals surface area contributed by atoms with Crippen LogP contribution < -0.4 is 0 Å². The number of carbonyl (C=O) groups is 2. The molecule has 9 unspecified atom stereocenters. The zero-order chi connectivity index (χ0) is 32.6. The topological polar surface area (TPSA) is 71.6 Å². The van der Waals surface area contributed by atoms with Crippen molar-refractivity contribution in [1.82, 2.24) is 9.80 Å². The first kappa shape index (κ1) is 36.3. The molecule has 0 spiro atoms. The fourth-order valence-electron chi connectivity index (χ4n) is 6.43. The van der Waals surface area contributed by atoms with Crippen LogP contribution >= 0.6 is 0 Å². The van der Waals surface area contributed by atoms with E-state index < -0.39 is 6.10 Å². The van der Waals surface area contributed by atoms with Crippen LogP contribution in [0, 0.1) is 35.0 Å². The molecule has 7 heteroatoms. The predicted octanol–water partition coefficient (Wildman–Crippen LogP) is 7.67. The van der Waals surface area contributed by atoms with Gasteiger partial charge in [0.25, 0.3) is 0 Å². The van der Waals surface area contributed by atoms with Gasteiger partial charge in [-0.3, -0.25) is 4.79 Å². The maximum absolute atomic E-state index is 13.1. The van der Waals surface area contributed by atoms with Crippen LogP contribution in [0.25, 0.3) is 0 Å². The maximum Gasteiger partial charge on any atom is 0.410 e. The number of piperazine rings is 1. The Kier molecular flexibility index (Phi) is 13.6. The lowest BCUT2D eigenvalue weighted by Gasteiger charge is -2.33. The summed E-state index contributed by atoms with van der Waals surface area (Å²) in [6.07, 6.45) is 14.6. The molecule has 0 aliphatic carbocycles. The quantitative estimate of drug-likeness (QED) is 0.115. The highest BCUT2D eigenvalue weighted by molar-refractivity contribution is 5.70. The smallest absolute Gasteiger partial charge is 0.410 e. The van der Waals surface area contributed by atoms with E-state index >= 15 is 0 Å². The van der Waals surface area contributed by atoms with E-state index in [1.54, 1.807) is 0 Å². The third-order valence-corrected chi connectivity index (χ3v) is 10.3. The summed E-state index contributed by atoms with van der Waals surface area (Å²) in [5.74, 6) is 1.36. The minimum atomic E-state index is -0.394. The number of carbonyl (C=O) groups excluding carboxylic acids is 2. The minimum absolute atomic E-state index is 0.00744. The Bertz CT molecular complexity index is 1030. The van der Waals surface area contributed by atoms with E-state index in [9.17, 15) is 9.59 Å². The number of amides is 1. The molecule has 0 aromatic heterocycles. The average molecular weight is 615 g/mol. The fraction of sp³-hybridized carbons (Fsp3) is 0.784. The lowest BCUT2D eigenvalue weighted by Crippen LogP contribution is -2.48. The highest BCUT2D eigenvalue weighted by Gasteiger charge is 2.46. The molecule has 3 aliphatic heterocycles. The molecule has 9 atom stereocenters. The number of cyclic esters (lactones) is 1. The van der Waals surface area contributed by atoms with E-state index in [4.69, 9.17) is 14.2 Å². The van der Waals surface area contributed by atoms with Crippen LogP contribution in [0.3, 0.4) is 0 Å². The van der Waals surface area contributed by atoms with Gasteiger partial charge >= 0.3 is 12.1 Å². The van der Waals surface area contributed by atoms with Gasteiger partial charge in [-0.15, -0.1) is 0 Å². The molecule has 3 heterocycles. The molecule has 2 fully saturated rings. The lowest BCUT2D eigenvalue weighted by molar-refractivity contribution is -0.149. The first-order valence-corrected chi connectivity index (χ1v) is 17.2. The number of esters is 1. The van der Waals surface area contributed by atoms with Crippen LogP contribution in [0.4, 0.5) is 4.79 Å². The van der Waals surface area contributed by atoms with E-state index in [-0.39, 0.29) is 41.3 Å². The SMILES string of the molecule is CCC(C)C(C)C1OC1CC(C)(C)/C=C/C=C(\C)C1OC(=O)CC(C)CCC(C)C(OC(=O)N2CCN(C)CC2)/C=C/C1C. The summed E-state index contributed by atoms with van der Waals surface area (Å²) < 4.78 is 18.3. The summed E-state index contributed by atoms with van der Waals surface area (Å²) >= 11 is 0. The molecule has 2 saturated heterocycles. The average Bonchev–Trinajstić information content (AvgIpc) is 3.73. The molecule has 250 valence electrons. The van der Waals surface area contributed by atoms with Gasteiger partial charge in [-0.05, 0) is 74.0 Å². The molecule has 0 N–H and O–H groups in total. The van der Waals surface area contributed by atoms with Gasteiger partial charge in [-0.2, -0.15) is 0 Å². The summed E-state index contributed by atoms with van der Waals surface area (Å²) in [5, 5.41) is 0. The molecule has 3 rings (SSSR count). The normalized spacial score (nSPS) is 33.6. The summed E-state index contributed by atoms with van der Waals surface area (Å²) in [6.45, 7) is 22.8. The van der Waals surface area contributed by atoms with Crippen molar-refractivity contribution in [2.75, 3.05) is 33.2 Å². The van der Waals surface area contributed by atoms with Gasteiger partial charge in [-0.25, -0.2) is 4.79 Å². The van der Waals surface area contributed by atoms with Gasteiger partial charge in [0.05, 0.1) is 12.2 Å². The molecule has 0 aromatic rings. The second-order valence-electron chi connectivity index (χ2n) is 15.0. The second-order valence-corrected chi connectivity index (χ2v) is 15.0. The number of hydrogen-bond donors (Lipinski definition) is 0. The van der Waals surface area contributed by atoms with Gasteiger partial charge in [0.1, 0.15) is 12.2 Å². The van der Waals surface area contributed by atoms with Crippen molar-refractivity contribution in [3.05, 3.63) is 36.0 Å². The van der Waals surface area contributed by atoms with Gasteiger partial charge in [0.2, 0.25) is 0 Å². The van der Waals surface area contributed by atoms with E-state index in [1.165, 1.54) is 6.42 Å². The van der Waals surface area contributed by atoms with E-state index in [0.29, 0.717) is 43.6 Å². The molecular weight excluding hydrogens is 552 g/mol. The number of allylic oxidation sites excluding steroid dienone is 3. The number of ether oxygens (including phenoxy) is 3. The number of rotatable bonds is 9. The van der Waals surface area contributed by atoms with Crippen LogP contribution in [0.2, 0.25) is 0 Å². The number of epoxide rings is 1. The van der Waals surface area contributed by atoms with Crippen molar-refractivity contribution < 1.29 is 23.8 Å². The van der Waals surface area contributed by atoms with Crippen molar-refractivity contribution >= 4 is 12.1 Å². The molecule has 0 aromatic carbocycles. The van der Waals surface area contributed by atoms with Crippen molar-refractivity contribution in [2.24, 2.45) is 35.0 Å². The Hall–Kier alpha value is -2.12. The monoisotopic (exact) mass is 614 g/mol. The van der Waals surface area contributed by atoms with Crippen molar-refractivity contribution in [1.29, 1.82) is 0 Å². The van der Waals surface area contributed by atoms with E-state index in [0.717, 1.165) is 37.9 Å². The molecule has 3 aliphatic rings. The van der Waals surface area contributed by atoms with Crippen LogP contribution in [0.15, 0.2) is 36.0 Å². The number of nitrogens with zero attached hydrogens (tertiary/aromatic N) is 2. The number of hydrogen-bond acceptors (Lipinski definition) is 6. The molecule has 0 radical (unpaired) electrons. The largest absolute Gasteiger partial charge is 0.457 e. The summed E-state index contributed by atoms with van der Waals surface area (Å²) in [5.41, 5.74) is 0.990. The molecule has 1 amide bonds. The Morgan fingerprint density at radius 2 is 1.80 bits per heavy atom. The van der Waals surface area contributed by atoms with Gasteiger partial charge in [-0.1, -0.05) is 86.1 Å². The van der Waals surface area contributed by atoms with E-state index in [1.807, 2.05) is 17.9 Å². The van der Waals surface area contributed by atoms with Gasteiger partial charge in [0.15, 0.2) is 0 Å². The maximum atomic E-state index is 13.1. The molecule has 44 heavy (non-hydrogen) atoms. The van der Waals surface area contributed by atoms with Crippen LogP contribution in [-0.4, -0.2) is 79.5 Å². The van der Waals surface area contributed by atoms with Crippen molar-refractivity contribution in [3.8, 4) is 0 Å². The number of likely N-dealkylation sites (N-methyl/N-ethyl adjacent to an activating group) is 1. The third-order valence-electron chi connectivity index (χ3n) is 10.3. The highest BCUT2D eigenvalue weighted by Crippen LogP contribution is 2.41. The first-order chi connectivity index (χ1) is 20.7. The Morgan fingerprint density at radius 1 is 1.11 bits per heavy atom. The summed E-state index contributed by atoms with van der Waals surface area (Å²) in [7, 11) is 2.08. The molecule has 7 nitrogen and oxygen atoms in total. The fourth-order valence-corrected chi connectivity index (χ4v) is 6.43. The van der Waals surface area contributed by atoms with Crippen molar-refractivity contribution in [2.45, 2.75) is 119 Å². The van der Waals surface area contributed by atoms with Crippen LogP contribution in [0.1, 0.15) is 94.4 Å². The Labute approximate surface area is 268 Å². The predicted molar refractivity (Wildman–Crippen MR) is 178 cm³/mol. The van der Waals surface area contributed by atoms with Crippen molar-refractivity contribution in [3.63, 3.8) is 0 Å². The van der Waals surface area contributed by atoms with Crippen LogP contribution in [0.5, 0.6) is 0 Å². The summed E-state index contributed by atoms with van der Waals surface area (Å²) in [4.78, 5) is 30.1. The highest BCUT2D eigenvalue weighted by atomic mass is 16.6. The Morgan fingerprint density at radius 3 is 2.45 bits per heavy atom. The standard InChI is InChI=1S/C37H62N2O5/c1-11-26(3)30(7)35-32(42-35)24-37(8,9)18-12-13-28(5)34-29(6)16-17-31(27(4)15-14-25(2)23-33(40)44-34)43-36(41)39-21-19-38(10)20-22-39/h12-13,16-18,25-27,29-32,34-35H,11,14-15,19-24H2,1-10H3/b17-16+,18-12+,28-13+. The van der Waals surface area contributed by atoms with Crippen LogP contribution in [-0.2, 0) is 19.0 Å². The van der Waals surface area contributed by atoms with E-state index in [2.05, 4.69) is 91.6 Å². The zero-order valence-electron chi connectivity index (χ0n) is 29.4. The van der Waals surface area contributed by atoms with Gasteiger partial charge in [0, 0.05) is 38.5 Å². The molecule has 0 saturated carbocycles. The second kappa shape index (κ2) is 16.4. The Balaban J connectivity index is 1.70. The summed E-state index contributed by atoms with van der Waals surface area (Å²) in [6, 6.07) is 0. The van der Waals surface area contributed by atoms with Gasteiger partial charge < -0.3 is 24.0 Å². The first-order valence-electron chi connectivity index (χ1n) is 17.2. The zero-order valence-corrected chi connectivity index (χ0v) is 29.4. The lowest BCUT2D eigenvalue weighted by atomic mass is 9.83. The molecule has 0 bridgehead atoms. The third kappa shape index (κ3) is 11.0. The minimum Gasteiger partial charge on any atom is -0.457 e.